The summed E-state index contributed by atoms with van der Waals surface area (Å²) in [6.07, 6.45) is 2.61. The normalized spacial score (nSPS) is 16.8. The van der Waals surface area contributed by atoms with Crippen molar-refractivity contribution in [2.75, 3.05) is 25.2 Å². The molecule has 0 saturated heterocycles. The molecular formula is C25H26N2O4. The predicted octanol–water partition coefficient (Wildman–Crippen LogP) is 4.27. The predicted molar refractivity (Wildman–Crippen MR) is 118 cm³/mol. The number of anilines is 1. The minimum atomic E-state index is -0.0567. The lowest BCUT2D eigenvalue weighted by Gasteiger charge is -2.25. The first-order valence-electron chi connectivity index (χ1n) is 10.6. The first-order chi connectivity index (χ1) is 15.1. The average Bonchev–Trinajstić information content (AvgIpc) is 3.37. The van der Waals surface area contributed by atoms with Crippen LogP contribution in [-0.4, -0.2) is 37.1 Å². The van der Waals surface area contributed by atoms with Crippen LogP contribution in [0.5, 0.6) is 11.5 Å². The van der Waals surface area contributed by atoms with E-state index < -0.39 is 0 Å². The second-order valence-electron chi connectivity index (χ2n) is 8.21. The van der Waals surface area contributed by atoms with Crippen LogP contribution in [0.2, 0.25) is 0 Å². The zero-order valence-electron chi connectivity index (χ0n) is 17.8. The molecule has 2 aromatic carbocycles. The molecule has 1 atom stereocenters. The van der Waals surface area contributed by atoms with Gasteiger partial charge in [0.2, 0.25) is 0 Å². The van der Waals surface area contributed by atoms with Gasteiger partial charge in [0.15, 0.2) is 11.5 Å². The van der Waals surface area contributed by atoms with Crippen molar-refractivity contribution >= 4 is 11.6 Å². The van der Waals surface area contributed by atoms with E-state index in [-0.39, 0.29) is 5.91 Å². The Morgan fingerprint density at radius 3 is 2.77 bits per heavy atom. The molecule has 0 radical (unpaired) electrons. The van der Waals surface area contributed by atoms with E-state index in [4.69, 9.17) is 13.9 Å². The second kappa shape index (κ2) is 8.02. The quantitative estimate of drug-likeness (QED) is 0.619. The number of fused-ring (bicyclic) bond motifs is 2. The van der Waals surface area contributed by atoms with E-state index in [1.807, 2.05) is 25.2 Å². The molecule has 31 heavy (non-hydrogen) atoms. The number of ether oxygens (including phenoxy) is 2. The van der Waals surface area contributed by atoms with Gasteiger partial charge >= 0.3 is 0 Å². The smallest absolute Gasteiger partial charge is 0.257 e. The number of rotatable bonds is 5. The van der Waals surface area contributed by atoms with Crippen LogP contribution < -0.4 is 14.4 Å². The molecule has 3 aromatic rings. The molecule has 1 unspecified atom stereocenters. The number of carbonyl (C=O) groups is 1. The third kappa shape index (κ3) is 3.74. The van der Waals surface area contributed by atoms with Crippen molar-refractivity contribution in [1.82, 2.24) is 4.90 Å². The van der Waals surface area contributed by atoms with Crippen LogP contribution >= 0.6 is 0 Å². The Kier molecular flexibility index (Phi) is 5.06. The molecule has 0 spiro atoms. The molecule has 0 saturated carbocycles. The van der Waals surface area contributed by atoms with Crippen molar-refractivity contribution in [3.05, 3.63) is 77.2 Å². The monoisotopic (exact) mass is 418 g/mol. The Balaban J connectivity index is 1.31. The van der Waals surface area contributed by atoms with E-state index >= 15 is 0 Å². The van der Waals surface area contributed by atoms with Crippen molar-refractivity contribution in [3.8, 4) is 11.5 Å². The van der Waals surface area contributed by atoms with Crippen LogP contribution in [0.4, 0.5) is 5.69 Å². The highest BCUT2D eigenvalue weighted by molar-refractivity contribution is 5.95. The Labute approximate surface area is 182 Å². The number of nitrogens with zero attached hydrogens (tertiary/aromatic N) is 2. The van der Waals surface area contributed by atoms with Gasteiger partial charge in [0.05, 0.1) is 18.4 Å². The molecule has 0 fully saturated rings. The summed E-state index contributed by atoms with van der Waals surface area (Å²) >= 11 is 0. The molecule has 1 aromatic heterocycles. The average molecular weight is 418 g/mol. The summed E-state index contributed by atoms with van der Waals surface area (Å²) < 4.78 is 17.0. The Bertz CT molecular complexity index is 1110. The third-order valence-corrected chi connectivity index (χ3v) is 6.01. The van der Waals surface area contributed by atoms with Crippen molar-refractivity contribution in [2.24, 2.45) is 0 Å². The summed E-state index contributed by atoms with van der Waals surface area (Å²) in [6.45, 7) is 4.36. The highest BCUT2D eigenvalue weighted by atomic mass is 16.6. The molecule has 2 aliphatic heterocycles. The minimum absolute atomic E-state index is 0.0567. The van der Waals surface area contributed by atoms with Gasteiger partial charge in [-0.1, -0.05) is 24.3 Å². The lowest BCUT2D eigenvalue weighted by Crippen LogP contribution is -2.31. The van der Waals surface area contributed by atoms with Gasteiger partial charge in [-0.15, -0.1) is 0 Å². The molecule has 1 amide bonds. The molecule has 0 bridgehead atoms. The van der Waals surface area contributed by atoms with Crippen molar-refractivity contribution in [2.45, 2.75) is 32.5 Å². The lowest BCUT2D eigenvalue weighted by molar-refractivity contribution is 0.0782. The standard InChI is InChI=1S/C25H26N2O4/c1-17-13-19-5-3-4-6-21(19)27(17)16-24-20(9-10-29-24)25(28)26(2)15-18-7-8-22-23(14-18)31-12-11-30-22/h3-10,14,17H,11-13,15-16H2,1-2H3. The largest absolute Gasteiger partial charge is 0.486 e. The Morgan fingerprint density at radius 1 is 1.10 bits per heavy atom. The van der Waals surface area contributed by atoms with E-state index in [0.717, 1.165) is 23.5 Å². The van der Waals surface area contributed by atoms with E-state index in [1.54, 1.807) is 17.2 Å². The van der Waals surface area contributed by atoms with Gasteiger partial charge in [-0.2, -0.15) is 0 Å². The van der Waals surface area contributed by atoms with Gasteiger partial charge in [-0.05, 0) is 48.7 Å². The maximum absolute atomic E-state index is 13.2. The van der Waals surface area contributed by atoms with Gasteiger partial charge in [0, 0.05) is 25.3 Å². The maximum Gasteiger partial charge on any atom is 0.257 e. The van der Waals surface area contributed by atoms with Gasteiger partial charge in [0.25, 0.3) is 5.91 Å². The van der Waals surface area contributed by atoms with Gasteiger partial charge in [-0.25, -0.2) is 0 Å². The summed E-state index contributed by atoms with van der Waals surface area (Å²) in [5.74, 6) is 2.12. The number of para-hydroxylation sites is 1. The van der Waals surface area contributed by atoms with E-state index in [9.17, 15) is 4.79 Å². The molecule has 0 aliphatic carbocycles. The SMILES string of the molecule is CC1Cc2ccccc2N1Cc1occc1C(=O)N(C)Cc1ccc2c(c1)OCCO2. The second-order valence-corrected chi connectivity index (χ2v) is 8.21. The maximum atomic E-state index is 13.2. The molecule has 3 heterocycles. The molecule has 5 rings (SSSR count). The van der Waals surface area contributed by atoms with Crippen molar-refractivity contribution < 1.29 is 18.7 Å². The summed E-state index contributed by atoms with van der Waals surface area (Å²) in [5, 5.41) is 0. The van der Waals surface area contributed by atoms with Crippen molar-refractivity contribution in [3.63, 3.8) is 0 Å². The van der Waals surface area contributed by atoms with Crippen LogP contribution in [0.25, 0.3) is 0 Å². The first kappa shape index (κ1) is 19.5. The molecular weight excluding hydrogens is 392 g/mol. The zero-order chi connectivity index (χ0) is 21.4. The number of carbonyl (C=O) groups excluding carboxylic acids is 1. The lowest BCUT2D eigenvalue weighted by atomic mass is 10.1. The first-order valence-corrected chi connectivity index (χ1v) is 10.6. The van der Waals surface area contributed by atoms with Crippen LogP contribution in [0.1, 0.15) is 34.2 Å². The van der Waals surface area contributed by atoms with Crippen LogP contribution in [0.15, 0.2) is 59.2 Å². The van der Waals surface area contributed by atoms with Gasteiger partial charge < -0.3 is 23.7 Å². The minimum Gasteiger partial charge on any atom is -0.486 e. The topological polar surface area (TPSA) is 55.2 Å². The summed E-state index contributed by atoms with van der Waals surface area (Å²) in [5.41, 5.74) is 4.16. The van der Waals surface area contributed by atoms with Gasteiger partial charge in [-0.3, -0.25) is 4.79 Å². The van der Waals surface area contributed by atoms with Crippen LogP contribution in [0.3, 0.4) is 0 Å². The Hall–Kier alpha value is -3.41. The molecule has 6 nitrogen and oxygen atoms in total. The molecule has 6 heteroatoms. The summed E-state index contributed by atoms with van der Waals surface area (Å²) in [4.78, 5) is 17.2. The van der Waals surface area contributed by atoms with E-state index in [1.165, 1.54) is 11.3 Å². The fourth-order valence-electron chi connectivity index (χ4n) is 4.42. The fraction of sp³-hybridized carbons (Fsp3) is 0.320. The summed E-state index contributed by atoms with van der Waals surface area (Å²) in [6, 6.07) is 16.4. The molecule has 2 aliphatic rings. The molecule has 160 valence electrons. The highest BCUT2D eigenvalue weighted by Gasteiger charge is 2.28. The number of amides is 1. The number of hydrogen-bond donors (Lipinski definition) is 0. The van der Waals surface area contributed by atoms with E-state index in [2.05, 4.69) is 36.1 Å². The zero-order valence-corrected chi connectivity index (χ0v) is 17.8. The number of furan rings is 1. The number of hydrogen-bond acceptors (Lipinski definition) is 5. The van der Waals surface area contributed by atoms with Crippen molar-refractivity contribution in [1.29, 1.82) is 0 Å². The molecule has 0 N–H and O–H groups in total. The van der Waals surface area contributed by atoms with Gasteiger partial charge in [0.1, 0.15) is 19.0 Å². The Morgan fingerprint density at radius 2 is 1.90 bits per heavy atom. The third-order valence-electron chi connectivity index (χ3n) is 6.01. The van der Waals surface area contributed by atoms with Crippen LogP contribution in [0, 0.1) is 0 Å². The highest BCUT2D eigenvalue weighted by Crippen LogP contribution is 2.34. The summed E-state index contributed by atoms with van der Waals surface area (Å²) in [7, 11) is 1.81. The number of benzene rings is 2. The van der Waals surface area contributed by atoms with Crippen LogP contribution in [-0.2, 0) is 19.5 Å². The fourth-order valence-corrected chi connectivity index (χ4v) is 4.42. The van der Waals surface area contributed by atoms with E-state index in [0.29, 0.717) is 43.7 Å².